The van der Waals surface area contributed by atoms with Gasteiger partial charge in [-0.2, -0.15) is 0 Å². The van der Waals surface area contributed by atoms with Gasteiger partial charge < -0.3 is 10.6 Å². The summed E-state index contributed by atoms with van der Waals surface area (Å²) in [5.74, 6) is -0.492. The molecule has 0 unspecified atom stereocenters. The quantitative estimate of drug-likeness (QED) is 0.843. The van der Waals surface area contributed by atoms with E-state index in [1.54, 1.807) is 24.0 Å². The molecule has 0 aromatic heterocycles. The third kappa shape index (κ3) is 3.50. The van der Waals surface area contributed by atoms with Crippen LogP contribution in [0.4, 0.5) is 4.39 Å². The fourth-order valence-electron chi connectivity index (χ4n) is 1.96. The summed E-state index contributed by atoms with van der Waals surface area (Å²) in [6.07, 6.45) is 2.50. The molecule has 5 heteroatoms. The van der Waals surface area contributed by atoms with Gasteiger partial charge >= 0.3 is 0 Å². The molecule has 0 radical (unpaired) electrons. The van der Waals surface area contributed by atoms with Crippen molar-refractivity contribution in [3.63, 3.8) is 0 Å². The SMILES string of the molecule is Cc1ccc(C(=O)N(CCC(N)=S)C2CC2)cc1F. The Morgan fingerprint density at radius 3 is 2.74 bits per heavy atom. The summed E-state index contributed by atoms with van der Waals surface area (Å²) in [5, 5.41) is 0. The van der Waals surface area contributed by atoms with E-state index in [0.29, 0.717) is 29.1 Å². The number of carbonyl (C=O) groups is 1. The van der Waals surface area contributed by atoms with Crippen LogP contribution in [0.2, 0.25) is 0 Å². The van der Waals surface area contributed by atoms with Crippen LogP contribution in [0.15, 0.2) is 18.2 Å². The molecule has 1 fully saturated rings. The number of halogens is 1. The van der Waals surface area contributed by atoms with E-state index in [0.717, 1.165) is 12.8 Å². The van der Waals surface area contributed by atoms with Crippen molar-refractivity contribution in [2.24, 2.45) is 5.73 Å². The van der Waals surface area contributed by atoms with E-state index in [9.17, 15) is 9.18 Å². The zero-order valence-corrected chi connectivity index (χ0v) is 11.7. The molecule has 2 N–H and O–H groups in total. The highest BCUT2D eigenvalue weighted by Crippen LogP contribution is 2.28. The first-order chi connectivity index (χ1) is 8.99. The molecule has 1 aliphatic rings. The zero-order chi connectivity index (χ0) is 14.0. The molecular formula is C14H17FN2OS. The Hall–Kier alpha value is -1.49. The summed E-state index contributed by atoms with van der Waals surface area (Å²) < 4.78 is 13.5. The number of nitrogens with zero attached hydrogens (tertiary/aromatic N) is 1. The van der Waals surface area contributed by atoms with E-state index < -0.39 is 0 Å². The molecular weight excluding hydrogens is 263 g/mol. The van der Waals surface area contributed by atoms with Gasteiger partial charge in [0.05, 0.1) is 4.99 Å². The van der Waals surface area contributed by atoms with Crippen molar-refractivity contribution in [3.05, 3.63) is 35.1 Å². The van der Waals surface area contributed by atoms with E-state index in [4.69, 9.17) is 18.0 Å². The fourth-order valence-corrected chi connectivity index (χ4v) is 2.05. The number of hydrogen-bond donors (Lipinski definition) is 1. The topological polar surface area (TPSA) is 46.3 Å². The Labute approximate surface area is 117 Å². The Kier molecular flexibility index (Phi) is 4.14. The van der Waals surface area contributed by atoms with Gasteiger partial charge in [-0.25, -0.2) is 4.39 Å². The second-order valence-corrected chi connectivity index (χ2v) is 5.43. The number of hydrogen-bond acceptors (Lipinski definition) is 2. The van der Waals surface area contributed by atoms with Gasteiger partial charge in [-0.3, -0.25) is 4.79 Å². The summed E-state index contributed by atoms with van der Waals surface area (Å²) in [5.41, 5.74) is 6.40. The molecule has 1 aliphatic carbocycles. The van der Waals surface area contributed by atoms with E-state index >= 15 is 0 Å². The van der Waals surface area contributed by atoms with Gasteiger partial charge in [0.15, 0.2) is 0 Å². The molecule has 102 valence electrons. The lowest BCUT2D eigenvalue weighted by atomic mass is 10.1. The van der Waals surface area contributed by atoms with Crippen LogP contribution in [-0.2, 0) is 0 Å². The summed E-state index contributed by atoms with van der Waals surface area (Å²) in [6.45, 7) is 2.18. The molecule has 19 heavy (non-hydrogen) atoms. The van der Waals surface area contributed by atoms with Crippen LogP contribution in [0.25, 0.3) is 0 Å². The van der Waals surface area contributed by atoms with Crippen LogP contribution < -0.4 is 5.73 Å². The van der Waals surface area contributed by atoms with Gasteiger partial charge in [0.1, 0.15) is 5.82 Å². The molecule has 3 nitrogen and oxygen atoms in total. The summed E-state index contributed by atoms with van der Waals surface area (Å²) in [7, 11) is 0. The maximum Gasteiger partial charge on any atom is 0.254 e. The number of carbonyl (C=O) groups excluding carboxylic acids is 1. The maximum absolute atomic E-state index is 13.5. The minimum absolute atomic E-state index is 0.141. The average Bonchev–Trinajstić information content (AvgIpc) is 3.16. The second kappa shape index (κ2) is 5.65. The van der Waals surface area contributed by atoms with Crippen LogP contribution in [-0.4, -0.2) is 28.4 Å². The molecule has 1 amide bonds. The summed E-state index contributed by atoms with van der Waals surface area (Å²) in [4.78, 5) is 14.5. The average molecular weight is 280 g/mol. The molecule has 1 saturated carbocycles. The predicted octanol–water partition coefficient (Wildman–Crippen LogP) is 2.41. The lowest BCUT2D eigenvalue weighted by Crippen LogP contribution is -2.35. The maximum atomic E-state index is 13.5. The lowest BCUT2D eigenvalue weighted by Gasteiger charge is -2.22. The van der Waals surface area contributed by atoms with Crippen molar-refractivity contribution in [3.8, 4) is 0 Å². The normalized spacial score (nSPS) is 14.2. The van der Waals surface area contributed by atoms with Crippen molar-refractivity contribution < 1.29 is 9.18 Å². The van der Waals surface area contributed by atoms with Gasteiger partial charge in [-0.1, -0.05) is 18.3 Å². The zero-order valence-electron chi connectivity index (χ0n) is 10.9. The summed E-state index contributed by atoms with van der Waals surface area (Å²) >= 11 is 4.84. The van der Waals surface area contributed by atoms with E-state index in [-0.39, 0.29) is 17.8 Å². The van der Waals surface area contributed by atoms with Gasteiger partial charge in [-0.15, -0.1) is 0 Å². The standard InChI is InChI=1S/C14H17FN2OS/c1-9-2-3-10(8-12(9)15)14(18)17(11-4-5-11)7-6-13(16)19/h2-3,8,11H,4-7H2,1H3,(H2,16,19). The van der Waals surface area contributed by atoms with E-state index in [2.05, 4.69) is 0 Å². The second-order valence-electron chi connectivity index (χ2n) is 4.91. The third-order valence-corrected chi connectivity index (χ3v) is 3.47. The largest absolute Gasteiger partial charge is 0.393 e. The molecule has 0 aliphatic heterocycles. The molecule has 0 bridgehead atoms. The monoisotopic (exact) mass is 280 g/mol. The van der Waals surface area contributed by atoms with Crippen molar-refractivity contribution in [1.29, 1.82) is 0 Å². The molecule has 0 atom stereocenters. The van der Waals surface area contributed by atoms with Crippen LogP contribution in [0, 0.1) is 12.7 Å². The number of thiocarbonyl (C=S) groups is 1. The van der Waals surface area contributed by atoms with Gasteiger partial charge in [0.2, 0.25) is 0 Å². The Balaban J connectivity index is 2.14. The highest BCUT2D eigenvalue weighted by atomic mass is 32.1. The van der Waals surface area contributed by atoms with Crippen molar-refractivity contribution in [1.82, 2.24) is 4.90 Å². The highest BCUT2D eigenvalue weighted by Gasteiger charge is 2.32. The number of nitrogens with two attached hydrogens (primary N) is 1. The number of aryl methyl sites for hydroxylation is 1. The summed E-state index contributed by atoms with van der Waals surface area (Å²) in [6, 6.07) is 4.84. The first-order valence-electron chi connectivity index (χ1n) is 6.34. The van der Waals surface area contributed by atoms with Gasteiger partial charge in [-0.05, 0) is 37.5 Å². The van der Waals surface area contributed by atoms with Crippen LogP contribution in [0.5, 0.6) is 0 Å². The lowest BCUT2D eigenvalue weighted by molar-refractivity contribution is 0.0747. The van der Waals surface area contributed by atoms with Crippen LogP contribution >= 0.6 is 12.2 Å². The number of rotatable bonds is 5. The molecule has 0 saturated heterocycles. The minimum atomic E-state index is -0.351. The molecule has 1 aromatic rings. The Bertz CT molecular complexity index is 514. The highest BCUT2D eigenvalue weighted by molar-refractivity contribution is 7.80. The van der Waals surface area contributed by atoms with Crippen LogP contribution in [0.3, 0.4) is 0 Å². The predicted molar refractivity (Wildman–Crippen MR) is 76.6 cm³/mol. The molecule has 2 rings (SSSR count). The third-order valence-electron chi connectivity index (χ3n) is 3.27. The van der Waals surface area contributed by atoms with E-state index in [1.165, 1.54) is 6.07 Å². The number of benzene rings is 1. The van der Waals surface area contributed by atoms with Crippen molar-refractivity contribution in [2.75, 3.05) is 6.54 Å². The first-order valence-corrected chi connectivity index (χ1v) is 6.75. The van der Waals surface area contributed by atoms with E-state index in [1.807, 2.05) is 0 Å². The van der Waals surface area contributed by atoms with Gasteiger partial charge in [0, 0.05) is 24.6 Å². The fraction of sp³-hybridized carbons (Fsp3) is 0.429. The Morgan fingerprint density at radius 2 is 2.21 bits per heavy atom. The van der Waals surface area contributed by atoms with Gasteiger partial charge in [0.25, 0.3) is 5.91 Å². The molecule has 0 spiro atoms. The molecule has 1 aromatic carbocycles. The number of amides is 1. The van der Waals surface area contributed by atoms with Crippen molar-refractivity contribution in [2.45, 2.75) is 32.2 Å². The van der Waals surface area contributed by atoms with Crippen molar-refractivity contribution >= 4 is 23.1 Å². The smallest absolute Gasteiger partial charge is 0.254 e. The minimum Gasteiger partial charge on any atom is -0.393 e. The Morgan fingerprint density at radius 1 is 1.53 bits per heavy atom. The first kappa shape index (κ1) is 13.9. The van der Waals surface area contributed by atoms with Crippen LogP contribution in [0.1, 0.15) is 35.2 Å². The molecule has 0 heterocycles.